The maximum atomic E-state index is 13.2. The Morgan fingerprint density at radius 3 is 2.41 bits per heavy atom. The van der Waals surface area contributed by atoms with Crippen LogP contribution in [0.15, 0.2) is 59.8 Å². The number of nitrogens with zero attached hydrogens (tertiary/aromatic N) is 2. The van der Waals surface area contributed by atoms with Crippen LogP contribution >= 0.6 is 11.6 Å². The number of allylic oxidation sites excluding steroid dienone is 1. The molecule has 4 rings (SSSR count). The Labute approximate surface area is 161 Å². The number of amides is 2. The van der Waals surface area contributed by atoms with E-state index in [0.29, 0.717) is 16.4 Å². The van der Waals surface area contributed by atoms with Crippen molar-refractivity contribution in [3.8, 4) is 0 Å². The van der Waals surface area contributed by atoms with E-state index < -0.39 is 17.9 Å². The van der Waals surface area contributed by atoms with Crippen molar-refractivity contribution in [3.05, 3.63) is 70.4 Å². The summed E-state index contributed by atoms with van der Waals surface area (Å²) in [6, 6.07) is 13.1. The average Bonchev–Trinajstić information content (AvgIpc) is 3.13. The van der Waals surface area contributed by atoms with E-state index in [1.165, 1.54) is 6.92 Å². The number of anilines is 2. The summed E-state index contributed by atoms with van der Waals surface area (Å²) in [5, 5.41) is 1.98. The van der Waals surface area contributed by atoms with Gasteiger partial charge in [0.2, 0.25) is 0 Å². The fourth-order valence-electron chi connectivity index (χ4n) is 3.36. The molecule has 0 saturated carbocycles. The lowest BCUT2D eigenvalue weighted by atomic mass is 10.1. The number of benzene rings is 2. The highest BCUT2D eigenvalue weighted by Gasteiger charge is 2.53. The zero-order valence-electron chi connectivity index (χ0n) is 14.7. The van der Waals surface area contributed by atoms with Gasteiger partial charge in [0, 0.05) is 11.9 Å². The number of nitrogens with one attached hydrogen (secondary N) is 1. The molecule has 0 bridgehead atoms. The molecule has 2 aromatic carbocycles. The maximum absolute atomic E-state index is 13.2. The maximum Gasteiger partial charge on any atom is 0.266 e. The third kappa shape index (κ3) is 2.69. The molecule has 0 aromatic heterocycles. The zero-order chi connectivity index (χ0) is 19.3. The number of hydrogen-bond donors (Lipinski definition) is 1. The molecule has 6 nitrogen and oxygen atoms in total. The molecule has 2 aliphatic heterocycles. The van der Waals surface area contributed by atoms with Gasteiger partial charge in [-0.25, -0.2) is 4.90 Å². The minimum absolute atomic E-state index is 0.142. The quantitative estimate of drug-likeness (QED) is 0.828. The van der Waals surface area contributed by atoms with Crippen molar-refractivity contribution in [1.29, 1.82) is 0 Å². The van der Waals surface area contributed by atoms with E-state index in [1.807, 2.05) is 31.2 Å². The largest absolute Gasteiger partial charge is 0.293 e. The van der Waals surface area contributed by atoms with Crippen LogP contribution in [0.5, 0.6) is 0 Å². The van der Waals surface area contributed by atoms with Crippen molar-refractivity contribution in [1.82, 2.24) is 5.43 Å². The molecular weight excluding hydrogens is 366 g/mol. The number of fused-ring (bicyclic) bond motifs is 1. The van der Waals surface area contributed by atoms with Crippen LogP contribution in [-0.4, -0.2) is 23.6 Å². The second kappa shape index (κ2) is 6.25. The summed E-state index contributed by atoms with van der Waals surface area (Å²) in [4.78, 5) is 39.4. The van der Waals surface area contributed by atoms with Crippen molar-refractivity contribution in [2.75, 3.05) is 9.91 Å². The molecule has 2 heterocycles. The smallest absolute Gasteiger partial charge is 0.266 e. The molecule has 2 aromatic rings. The number of aryl methyl sites for hydroxylation is 1. The Balaban J connectivity index is 1.82. The Bertz CT molecular complexity index is 1010. The lowest BCUT2D eigenvalue weighted by Crippen LogP contribution is -2.46. The van der Waals surface area contributed by atoms with Crippen LogP contribution in [-0.2, 0) is 14.4 Å². The van der Waals surface area contributed by atoms with Gasteiger partial charge in [0.25, 0.3) is 11.8 Å². The summed E-state index contributed by atoms with van der Waals surface area (Å²) in [5.74, 6) is -1.25. The van der Waals surface area contributed by atoms with Gasteiger partial charge in [0.1, 0.15) is 5.70 Å². The normalized spacial score (nSPS) is 18.9. The first-order chi connectivity index (χ1) is 12.9. The van der Waals surface area contributed by atoms with Gasteiger partial charge in [0.05, 0.1) is 16.9 Å². The van der Waals surface area contributed by atoms with Crippen LogP contribution in [0.2, 0.25) is 5.02 Å². The van der Waals surface area contributed by atoms with E-state index >= 15 is 0 Å². The van der Waals surface area contributed by atoms with E-state index in [1.54, 1.807) is 29.3 Å². The van der Waals surface area contributed by atoms with E-state index in [0.717, 1.165) is 10.5 Å². The van der Waals surface area contributed by atoms with Crippen LogP contribution in [0.4, 0.5) is 11.4 Å². The summed E-state index contributed by atoms with van der Waals surface area (Å²) in [6.45, 7) is 3.32. The standard InChI is InChI=1S/C20H16ClN3O3/c1-11-6-8-14(9-7-11)24-18-16(17(22-24)12(2)25)19(26)23(20(18)27)15-5-3-4-13(21)10-15/h3-10,18,22H,1-2H3/t18-/m0/s1. The van der Waals surface area contributed by atoms with Gasteiger partial charge in [-0.2, -0.15) is 0 Å². The minimum atomic E-state index is -0.905. The van der Waals surface area contributed by atoms with Crippen LogP contribution in [0, 0.1) is 6.92 Å². The molecule has 0 aliphatic carbocycles. The molecule has 7 heteroatoms. The number of ketones is 1. The van der Waals surface area contributed by atoms with Crippen LogP contribution in [0.25, 0.3) is 0 Å². The third-order valence-corrected chi connectivity index (χ3v) is 4.89. The van der Waals surface area contributed by atoms with Crippen molar-refractivity contribution >= 4 is 40.6 Å². The fourth-order valence-corrected chi connectivity index (χ4v) is 3.54. The van der Waals surface area contributed by atoms with Crippen molar-refractivity contribution in [2.45, 2.75) is 19.9 Å². The topological polar surface area (TPSA) is 69.7 Å². The zero-order valence-corrected chi connectivity index (χ0v) is 15.4. The number of halogens is 1. The molecule has 1 N–H and O–H groups in total. The summed E-state index contributed by atoms with van der Waals surface area (Å²) in [5.41, 5.74) is 5.38. The van der Waals surface area contributed by atoms with Gasteiger partial charge in [0.15, 0.2) is 11.8 Å². The second-order valence-corrected chi connectivity index (χ2v) is 6.96. The SMILES string of the molecule is CC(=O)C1=C2C(=O)N(c3cccc(Cl)c3)C(=O)[C@H]2N(c2ccc(C)cc2)N1. The van der Waals surface area contributed by atoms with Gasteiger partial charge in [-0.15, -0.1) is 0 Å². The first-order valence-electron chi connectivity index (χ1n) is 8.40. The summed E-state index contributed by atoms with van der Waals surface area (Å²) in [7, 11) is 0. The Morgan fingerprint density at radius 2 is 1.78 bits per heavy atom. The minimum Gasteiger partial charge on any atom is -0.293 e. The molecule has 1 saturated heterocycles. The van der Waals surface area contributed by atoms with Gasteiger partial charge in [-0.1, -0.05) is 35.4 Å². The lowest BCUT2D eigenvalue weighted by molar-refractivity contribution is -0.121. The molecule has 2 aliphatic rings. The van der Waals surface area contributed by atoms with Gasteiger partial charge >= 0.3 is 0 Å². The first kappa shape index (κ1) is 17.3. The van der Waals surface area contributed by atoms with E-state index in [9.17, 15) is 14.4 Å². The first-order valence-corrected chi connectivity index (χ1v) is 8.78. The van der Waals surface area contributed by atoms with Crippen molar-refractivity contribution < 1.29 is 14.4 Å². The summed E-state index contributed by atoms with van der Waals surface area (Å²) >= 11 is 6.02. The molecule has 1 atom stereocenters. The number of hydrogen-bond acceptors (Lipinski definition) is 5. The highest BCUT2D eigenvalue weighted by atomic mass is 35.5. The summed E-state index contributed by atoms with van der Waals surface area (Å²) in [6.07, 6.45) is 0. The number of Topliss-reactive ketones (excluding diaryl/α,β-unsaturated/α-hetero) is 1. The predicted molar refractivity (Wildman–Crippen MR) is 102 cm³/mol. The number of rotatable bonds is 3. The van der Waals surface area contributed by atoms with E-state index in [4.69, 9.17) is 11.6 Å². The van der Waals surface area contributed by atoms with Crippen molar-refractivity contribution in [3.63, 3.8) is 0 Å². The van der Waals surface area contributed by atoms with Crippen LogP contribution in [0.1, 0.15) is 12.5 Å². The van der Waals surface area contributed by atoms with Crippen molar-refractivity contribution in [2.24, 2.45) is 0 Å². The molecule has 27 heavy (non-hydrogen) atoms. The number of carbonyl (C=O) groups excluding carboxylic acids is 3. The molecule has 0 radical (unpaired) electrons. The lowest BCUT2D eigenvalue weighted by Gasteiger charge is -2.26. The Morgan fingerprint density at radius 1 is 1.07 bits per heavy atom. The highest BCUT2D eigenvalue weighted by Crippen LogP contribution is 2.37. The Kier molecular flexibility index (Phi) is 4.00. The van der Waals surface area contributed by atoms with Gasteiger partial charge < -0.3 is 0 Å². The van der Waals surface area contributed by atoms with Crippen LogP contribution in [0.3, 0.4) is 0 Å². The molecule has 0 spiro atoms. The van der Waals surface area contributed by atoms with E-state index in [2.05, 4.69) is 5.43 Å². The molecule has 136 valence electrons. The van der Waals surface area contributed by atoms with E-state index in [-0.39, 0.29) is 17.1 Å². The average molecular weight is 382 g/mol. The van der Waals surface area contributed by atoms with Crippen LogP contribution < -0.4 is 15.3 Å². The molecule has 0 unspecified atom stereocenters. The van der Waals surface area contributed by atoms with Gasteiger partial charge in [-0.05, 0) is 37.3 Å². The highest BCUT2D eigenvalue weighted by molar-refractivity contribution is 6.35. The fraction of sp³-hybridized carbons (Fsp3) is 0.150. The second-order valence-electron chi connectivity index (χ2n) is 6.52. The summed E-state index contributed by atoms with van der Waals surface area (Å²) < 4.78 is 0. The predicted octanol–water partition coefficient (Wildman–Crippen LogP) is 2.76. The molecular formula is C20H16ClN3O3. The number of hydrazine groups is 1. The number of imide groups is 1. The monoisotopic (exact) mass is 381 g/mol. The number of carbonyl (C=O) groups is 3. The molecule has 2 amide bonds. The van der Waals surface area contributed by atoms with Gasteiger partial charge in [-0.3, -0.25) is 24.8 Å². The third-order valence-electron chi connectivity index (χ3n) is 4.65. The Hall–Kier alpha value is -3.12. The molecule has 1 fully saturated rings.